The molecule has 0 fully saturated rings. The predicted octanol–water partition coefficient (Wildman–Crippen LogP) is 0.869. The van der Waals surface area contributed by atoms with Crippen LogP contribution in [0.4, 0.5) is 0 Å². The third-order valence-corrected chi connectivity index (χ3v) is 3.09. The molecule has 1 heterocycles. The minimum absolute atomic E-state index is 0. The summed E-state index contributed by atoms with van der Waals surface area (Å²) in [6.45, 7) is 0. The zero-order chi connectivity index (χ0) is 10.8. The Balaban J connectivity index is 0.000000810. The van der Waals surface area contributed by atoms with E-state index in [2.05, 4.69) is 42.5 Å². The van der Waals surface area contributed by atoms with E-state index in [1.165, 1.54) is 11.1 Å². The van der Waals surface area contributed by atoms with E-state index in [-0.39, 0.29) is 37.1 Å². The summed E-state index contributed by atoms with van der Waals surface area (Å²) < 4.78 is 6.02. The van der Waals surface area contributed by atoms with Gasteiger partial charge >= 0.3 is 29.6 Å². The van der Waals surface area contributed by atoms with Crippen LogP contribution in [0, 0.1) is 0 Å². The zero-order valence-corrected chi connectivity index (χ0v) is 12.1. The largest absolute Gasteiger partial charge is 1.00 e. The van der Waals surface area contributed by atoms with Gasteiger partial charge in [-0.1, -0.05) is 48.5 Å². The number of hydrogen-bond acceptors (Lipinski definition) is 1. The Morgan fingerprint density at radius 3 is 2.47 bits per heavy atom. The van der Waals surface area contributed by atoms with Crippen molar-refractivity contribution in [3.63, 3.8) is 0 Å². The summed E-state index contributed by atoms with van der Waals surface area (Å²) in [6.07, 6.45) is 2.40. The molecule has 2 aromatic rings. The van der Waals surface area contributed by atoms with Crippen LogP contribution in [0.5, 0.6) is 5.75 Å². The summed E-state index contributed by atoms with van der Waals surface area (Å²) >= 11 is 0. The number of fused-ring (bicyclic) bond motifs is 1. The van der Waals surface area contributed by atoms with E-state index in [9.17, 15) is 0 Å². The van der Waals surface area contributed by atoms with Gasteiger partial charge in [0.15, 0.2) is 0 Å². The van der Waals surface area contributed by atoms with Gasteiger partial charge in [-0.2, -0.15) is 0 Å². The van der Waals surface area contributed by atoms with E-state index in [0.29, 0.717) is 0 Å². The Morgan fingerprint density at radius 2 is 1.65 bits per heavy atom. The van der Waals surface area contributed by atoms with Crippen molar-refractivity contribution in [2.24, 2.45) is 0 Å². The first-order valence-electron chi connectivity index (χ1n) is 5.73. The molecule has 0 bridgehead atoms. The van der Waals surface area contributed by atoms with Crippen LogP contribution in [0.15, 0.2) is 54.6 Å². The Morgan fingerprint density at radius 1 is 0.941 bits per heavy atom. The van der Waals surface area contributed by atoms with Crippen molar-refractivity contribution in [2.75, 3.05) is 0 Å². The number of hydrogen-bond donors (Lipinski definition) is 0. The third-order valence-electron chi connectivity index (χ3n) is 3.09. The molecule has 0 spiro atoms. The SMILES string of the molecule is [H-].[Na+].c1ccc(C2CCc3ccccc3O2)cc1. The van der Waals surface area contributed by atoms with E-state index in [1.54, 1.807) is 0 Å². The molecule has 2 heteroatoms. The molecule has 1 atom stereocenters. The Hall–Kier alpha value is -0.760. The molecule has 0 aliphatic carbocycles. The molecule has 1 nitrogen and oxygen atoms in total. The molecule has 0 saturated carbocycles. The van der Waals surface area contributed by atoms with Gasteiger partial charge in [0, 0.05) is 0 Å². The fourth-order valence-electron chi connectivity index (χ4n) is 2.23. The van der Waals surface area contributed by atoms with Crippen LogP contribution in [-0.2, 0) is 6.42 Å². The molecule has 82 valence electrons. The van der Waals surface area contributed by atoms with Gasteiger partial charge in [0.25, 0.3) is 0 Å². The quantitative estimate of drug-likeness (QED) is 0.665. The smallest absolute Gasteiger partial charge is 1.00 e. The first kappa shape index (κ1) is 12.7. The average Bonchev–Trinajstić information content (AvgIpc) is 2.39. The summed E-state index contributed by atoms with van der Waals surface area (Å²) in [5.41, 5.74) is 2.60. The zero-order valence-electron chi connectivity index (χ0n) is 11.1. The second-order valence-corrected chi connectivity index (χ2v) is 4.16. The average molecular weight is 234 g/mol. The number of aryl methyl sites for hydroxylation is 1. The number of para-hydroxylation sites is 1. The van der Waals surface area contributed by atoms with Crippen LogP contribution in [0.25, 0.3) is 0 Å². The predicted molar refractivity (Wildman–Crippen MR) is 65.7 cm³/mol. The van der Waals surface area contributed by atoms with Gasteiger partial charge in [-0.3, -0.25) is 0 Å². The summed E-state index contributed by atoms with van der Waals surface area (Å²) in [6, 6.07) is 18.8. The Kier molecular flexibility index (Phi) is 4.27. The van der Waals surface area contributed by atoms with Gasteiger partial charge in [-0.25, -0.2) is 0 Å². The molecule has 0 saturated heterocycles. The van der Waals surface area contributed by atoms with Crippen molar-refractivity contribution in [1.29, 1.82) is 0 Å². The van der Waals surface area contributed by atoms with Crippen molar-refractivity contribution in [3.8, 4) is 5.75 Å². The van der Waals surface area contributed by atoms with Crippen molar-refractivity contribution < 1.29 is 35.7 Å². The molecule has 2 aromatic carbocycles. The molecule has 1 aliphatic rings. The van der Waals surface area contributed by atoms with Crippen LogP contribution in [-0.4, -0.2) is 0 Å². The number of rotatable bonds is 1. The second-order valence-electron chi connectivity index (χ2n) is 4.16. The van der Waals surface area contributed by atoms with Gasteiger partial charge < -0.3 is 6.16 Å². The topological polar surface area (TPSA) is 9.23 Å². The molecule has 3 rings (SSSR count). The molecule has 0 aromatic heterocycles. The van der Waals surface area contributed by atoms with Crippen LogP contribution in [0.3, 0.4) is 0 Å². The molecule has 1 aliphatic heterocycles. The third kappa shape index (κ3) is 2.74. The summed E-state index contributed by atoms with van der Waals surface area (Å²) in [4.78, 5) is 0. The van der Waals surface area contributed by atoms with E-state index in [0.717, 1.165) is 18.6 Å². The van der Waals surface area contributed by atoms with Crippen LogP contribution in [0.2, 0.25) is 0 Å². The molecule has 0 amide bonds. The van der Waals surface area contributed by atoms with Gasteiger partial charge in [-0.05, 0) is 30.0 Å². The van der Waals surface area contributed by atoms with E-state index < -0.39 is 0 Å². The van der Waals surface area contributed by atoms with E-state index in [4.69, 9.17) is 4.74 Å². The van der Waals surface area contributed by atoms with E-state index in [1.807, 2.05) is 12.1 Å². The molecule has 0 radical (unpaired) electrons. The monoisotopic (exact) mass is 234 g/mol. The van der Waals surface area contributed by atoms with Gasteiger partial charge in [0.2, 0.25) is 0 Å². The molecule has 17 heavy (non-hydrogen) atoms. The standard InChI is InChI=1S/C15H14O.Na.H/c1-2-6-12(7-3-1)15-11-10-13-8-4-5-9-14(13)16-15;;/h1-9,15H,10-11H2;;/q;+1;-1. The van der Waals surface area contributed by atoms with Crippen molar-refractivity contribution in [3.05, 3.63) is 65.7 Å². The van der Waals surface area contributed by atoms with Crippen molar-refractivity contribution >= 4 is 0 Å². The Bertz CT molecular complexity index is 487. The fourth-order valence-corrected chi connectivity index (χ4v) is 2.23. The molecule has 0 N–H and O–H groups in total. The van der Waals surface area contributed by atoms with Gasteiger partial charge in [0.05, 0.1) is 0 Å². The molecular weight excluding hydrogens is 219 g/mol. The maximum absolute atomic E-state index is 6.02. The fraction of sp³-hybridized carbons (Fsp3) is 0.200. The van der Waals surface area contributed by atoms with Crippen LogP contribution in [0.1, 0.15) is 25.1 Å². The minimum Gasteiger partial charge on any atom is -1.00 e. The van der Waals surface area contributed by atoms with Crippen molar-refractivity contribution in [1.82, 2.24) is 0 Å². The normalized spacial score (nSPS) is 17.5. The first-order chi connectivity index (χ1) is 7.93. The summed E-state index contributed by atoms with van der Waals surface area (Å²) in [5, 5.41) is 0. The Labute approximate surface area is 126 Å². The van der Waals surface area contributed by atoms with Crippen molar-refractivity contribution in [2.45, 2.75) is 18.9 Å². The number of ether oxygens (including phenoxy) is 1. The van der Waals surface area contributed by atoms with E-state index >= 15 is 0 Å². The first-order valence-corrected chi connectivity index (χ1v) is 5.73. The minimum atomic E-state index is 0. The summed E-state index contributed by atoms with van der Waals surface area (Å²) in [7, 11) is 0. The molecule has 1 unspecified atom stereocenters. The van der Waals surface area contributed by atoms with Crippen LogP contribution >= 0.6 is 0 Å². The maximum Gasteiger partial charge on any atom is 1.00 e. The summed E-state index contributed by atoms with van der Waals surface area (Å²) in [5.74, 6) is 1.04. The van der Waals surface area contributed by atoms with Crippen LogP contribution < -0.4 is 34.3 Å². The second kappa shape index (κ2) is 5.72. The van der Waals surface area contributed by atoms with Gasteiger partial charge in [0.1, 0.15) is 11.9 Å². The maximum atomic E-state index is 6.02. The van der Waals surface area contributed by atoms with Gasteiger partial charge in [-0.15, -0.1) is 0 Å². The number of benzene rings is 2. The molecular formula is C15H15NaO.